The fourth-order valence-corrected chi connectivity index (χ4v) is 5.12. The molecule has 0 bridgehead atoms. The Bertz CT molecular complexity index is 1470. The quantitative estimate of drug-likeness (QED) is 0.351. The number of furan rings is 1. The van der Waals surface area contributed by atoms with Gasteiger partial charge in [0, 0.05) is 36.1 Å². The smallest absolute Gasteiger partial charge is 0.243 e. The van der Waals surface area contributed by atoms with E-state index >= 15 is 0 Å². The SMILES string of the molecule is NCc1cccc(-c2cc(CC(=O)N3CCC[C@H]3C(=O)NCc3cccc(Cl)c3F)cc3ccoc23)c1. The van der Waals surface area contributed by atoms with Crippen LogP contribution < -0.4 is 11.1 Å². The number of nitrogens with two attached hydrogens (primary N) is 1. The number of carbonyl (C=O) groups is 2. The van der Waals surface area contributed by atoms with E-state index in [0.717, 1.165) is 39.6 Å². The van der Waals surface area contributed by atoms with E-state index in [1.807, 2.05) is 42.5 Å². The Morgan fingerprint density at radius 1 is 1.11 bits per heavy atom. The number of likely N-dealkylation sites (tertiary alicyclic amines) is 1. The highest BCUT2D eigenvalue weighted by Crippen LogP contribution is 2.32. The fourth-order valence-electron chi connectivity index (χ4n) is 4.93. The molecule has 1 atom stereocenters. The highest BCUT2D eigenvalue weighted by Gasteiger charge is 2.34. The summed E-state index contributed by atoms with van der Waals surface area (Å²) in [6.07, 6.45) is 3.08. The molecular formula is C29H27ClFN3O3. The molecule has 0 radical (unpaired) electrons. The second kappa shape index (κ2) is 10.7. The summed E-state index contributed by atoms with van der Waals surface area (Å²) < 4.78 is 20.0. The maximum Gasteiger partial charge on any atom is 0.243 e. The Labute approximate surface area is 219 Å². The molecule has 1 saturated heterocycles. The molecule has 190 valence electrons. The third-order valence-electron chi connectivity index (χ3n) is 6.80. The van der Waals surface area contributed by atoms with Gasteiger partial charge in [0.05, 0.1) is 17.7 Å². The zero-order valence-electron chi connectivity index (χ0n) is 20.2. The standard InChI is InChI=1S/C29H27ClFN3O3/c30-24-7-2-6-22(27(24)31)17-33-29(36)25-8-3-10-34(25)26(35)15-19-13-21-9-11-37-28(21)23(14-19)20-5-1-4-18(12-20)16-32/h1-2,4-7,9,11-14,25H,3,8,10,15-17,32H2,(H,33,36)/t25-/m0/s1. The summed E-state index contributed by atoms with van der Waals surface area (Å²) in [6, 6.07) is 17.8. The van der Waals surface area contributed by atoms with Crippen molar-refractivity contribution in [2.24, 2.45) is 5.73 Å². The number of carbonyl (C=O) groups excluding carboxylic acids is 2. The summed E-state index contributed by atoms with van der Waals surface area (Å²) in [4.78, 5) is 27.9. The van der Waals surface area contributed by atoms with Crippen LogP contribution in [0.15, 0.2) is 71.3 Å². The molecule has 3 N–H and O–H groups in total. The number of hydrogen-bond donors (Lipinski definition) is 2. The van der Waals surface area contributed by atoms with Crippen LogP contribution in [-0.2, 0) is 29.1 Å². The highest BCUT2D eigenvalue weighted by molar-refractivity contribution is 6.30. The number of nitrogens with zero attached hydrogens (tertiary/aromatic N) is 1. The first-order valence-corrected chi connectivity index (χ1v) is 12.6. The molecule has 0 aliphatic carbocycles. The van der Waals surface area contributed by atoms with Crippen molar-refractivity contribution < 1.29 is 18.4 Å². The molecule has 2 amide bonds. The highest BCUT2D eigenvalue weighted by atomic mass is 35.5. The Hall–Kier alpha value is -3.68. The van der Waals surface area contributed by atoms with Crippen LogP contribution in [0.25, 0.3) is 22.1 Å². The Morgan fingerprint density at radius 2 is 1.95 bits per heavy atom. The van der Waals surface area contributed by atoms with Crippen molar-refractivity contribution in [2.45, 2.75) is 38.4 Å². The van der Waals surface area contributed by atoms with Gasteiger partial charge in [-0.2, -0.15) is 0 Å². The van der Waals surface area contributed by atoms with E-state index in [0.29, 0.717) is 25.1 Å². The molecule has 1 aliphatic heterocycles. The maximum atomic E-state index is 14.2. The van der Waals surface area contributed by atoms with Gasteiger partial charge in [0.1, 0.15) is 17.4 Å². The number of halogens is 2. The number of hydrogen-bond acceptors (Lipinski definition) is 4. The van der Waals surface area contributed by atoms with E-state index in [4.69, 9.17) is 21.8 Å². The van der Waals surface area contributed by atoms with Crippen molar-refractivity contribution in [3.63, 3.8) is 0 Å². The van der Waals surface area contributed by atoms with Gasteiger partial charge in [0.25, 0.3) is 0 Å². The molecule has 1 aromatic heterocycles. The average Bonchev–Trinajstić information content (AvgIpc) is 3.59. The van der Waals surface area contributed by atoms with E-state index in [1.54, 1.807) is 23.3 Å². The molecule has 2 heterocycles. The first kappa shape index (κ1) is 25.0. The summed E-state index contributed by atoms with van der Waals surface area (Å²) in [5.74, 6) is -0.975. The second-order valence-electron chi connectivity index (χ2n) is 9.24. The van der Waals surface area contributed by atoms with Crippen LogP contribution in [0.2, 0.25) is 5.02 Å². The topological polar surface area (TPSA) is 88.6 Å². The first-order chi connectivity index (χ1) is 17.9. The zero-order valence-corrected chi connectivity index (χ0v) is 20.9. The lowest BCUT2D eigenvalue weighted by atomic mass is 9.97. The third-order valence-corrected chi connectivity index (χ3v) is 7.09. The number of rotatable bonds is 7. The minimum absolute atomic E-state index is 0.00609. The van der Waals surface area contributed by atoms with Gasteiger partial charge in [-0.05, 0) is 59.9 Å². The van der Waals surface area contributed by atoms with Crippen molar-refractivity contribution in [1.82, 2.24) is 10.2 Å². The van der Waals surface area contributed by atoms with Gasteiger partial charge in [-0.15, -0.1) is 0 Å². The molecule has 8 heteroatoms. The average molecular weight is 520 g/mol. The number of nitrogens with one attached hydrogen (secondary N) is 1. The molecule has 37 heavy (non-hydrogen) atoms. The summed E-state index contributed by atoms with van der Waals surface area (Å²) in [5, 5.41) is 3.67. The summed E-state index contributed by atoms with van der Waals surface area (Å²) >= 11 is 5.84. The van der Waals surface area contributed by atoms with Gasteiger partial charge in [-0.25, -0.2) is 4.39 Å². The van der Waals surface area contributed by atoms with Gasteiger partial charge in [0.15, 0.2) is 0 Å². The molecule has 6 nitrogen and oxygen atoms in total. The van der Waals surface area contributed by atoms with E-state index in [9.17, 15) is 14.0 Å². The van der Waals surface area contributed by atoms with E-state index < -0.39 is 11.9 Å². The molecule has 0 spiro atoms. The van der Waals surface area contributed by atoms with Gasteiger partial charge >= 0.3 is 0 Å². The minimum Gasteiger partial charge on any atom is -0.464 e. The molecule has 0 unspecified atom stereocenters. The Morgan fingerprint density at radius 3 is 2.78 bits per heavy atom. The molecule has 1 fully saturated rings. The Balaban J connectivity index is 1.33. The van der Waals surface area contributed by atoms with Crippen molar-refractivity contribution in [3.05, 3.63) is 94.5 Å². The van der Waals surface area contributed by atoms with Crippen LogP contribution in [-0.4, -0.2) is 29.3 Å². The molecule has 3 aromatic carbocycles. The lowest BCUT2D eigenvalue weighted by Crippen LogP contribution is -2.46. The van der Waals surface area contributed by atoms with E-state index in [1.165, 1.54) is 6.07 Å². The van der Waals surface area contributed by atoms with Gasteiger partial charge in [-0.1, -0.05) is 41.9 Å². The number of fused-ring (bicyclic) bond motifs is 1. The van der Waals surface area contributed by atoms with Crippen molar-refractivity contribution in [1.29, 1.82) is 0 Å². The predicted octanol–water partition coefficient (Wildman–Crippen LogP) is 5.20. The van der Waals surface area contributed by atoms with Crippen molar-refractivity contribution >= 4 is 34.4 Å². The first-order valence-electron chi connectivity index (χ1n) is 12.2. The fraction of sp³-hybridized carbons (Fsp3) is 0.241. The van der Waals surface area contributed by atoms with Gasteiger partial charge in [-0.3, -0.25) is 9.59 Å². The monoisotopic (exact) mass is 519 g/mol. The predicted molar refractivity (Wildman–Crippen MR) is 141 cm³/mol. The second-order valence-corrected chi connectivity index (χ2v) is 9.65. The maximum absolute atomic E-state index is 14.2. The number of benzene rings is 3. The Kier molecular flexibility index (Phi) is 7.26. The minimum atomic E-state index is -0.590. The summed E-state index contributed by atoms with van der Waals surface area (Å²) in [7, 11) is 0. The summed E-state index contributed by atoms with van der Waals surface area (Å²) in [5.41, 5.74) is 10.6. The van der Waals surface area contributed by atoms with Crippen molar-refractivity contribution in [2.75, 3.05) is 6.54 Å². The molecule has 1 aliphatic rings. The van der Waals surface area contributed by atoms with Gasteiger partial charge < -0.3 is 20.4 Å². The van der Waals surface area contributed by atoms with Crippen LogP contribution in [0.3, 0.4) is 0 Å². The van der Waals surface area contributed by atoms with Crippen LogP contribution in [0, 0.1) is 5.82 Å². The van der Waals surface area contributed by atoms with E-state index in [-0.39, 0.29) is 29.8 Å². The van der Waals surface area contributed by atoms with Crippen LogP contribution >= 0.6 is 11.6 Å². The molecule has 5 rings (SSSR count). The van der Waals surface area contributed by atoms with Crippen LogP contribution in [0.1, 0.15) is 29.5 Å². The van der Waals surface area contributed by atoms with Crippen LogP contribution in [0.5, 0.6) is 0 Å². The largest absolute Gasteiger partial charge is 0.464 e. The zero-order chi connectivity index (χ0) is 25.9. The van der Waals surface area contributed by atoms with Crippen molar-refractivity contribution in [3.8, 4) is 11.1 Å². The lowest BCUT2D eigenvalue weighted by molar-refractivity contribution is -0.138. The number of amides is 2. The molecule has 4 aromatic rings. The lowest BCUT2D eigenvalue weighted by Gasteiger charge is -2.24. The third kappa shape index (κ3) is 5.24. The van der Waals surface area contributed by atoms with Gasteiger partial charge in [0.2, 0.25) is 11.8 Å². The molecule has 0 saturated carbocycles. The normalized spacial score (nSPS) is 15.3. The molecular weight excluding hydrogens is 493 g/mol. The van der Waals surface area contributed by atoms with E-state index in [2.05, 4.69) is 5.32 Å². The van der Waals surface area contributed by atoms with Crippen LogP contribution in [0.4, 0.5) is 4.39 Å². The summed E-state index contributed by atoms with van der Waals surface area (Å²) in [6.45, 7) is 0.934.